The molecule has 3 nitrogen and oxygen atoms in total. The van der Waals surface area contributed by atoms with E-state index in [0.717, 1.165) is 44.0 Å². The van der Waals surface area contributed by atoms with E-state index in [-0.39, 0.29) is 18.3 Å². The van der Waals surface area contributed by atoms with Crippen LogP contribution < -0.4 is 5.73 Å². The molecule has 2 N–H and O–H groups in total. The molecule has 1 heterocycles. The van der Waals surface area contributed by atoms with E-state index in [9.17, 15) is 4.79 Å². The van der Waals surface area contributed by atoms with E-state index in [0.29, 0.717) is 12.3 Å². The second kappa shape index (κ2) is 7.28. The van der Waals surface area contributed by atoms with Crippen LogP contribution in [0.1, 0.15) is 42.7 Å². The van der Waals surface area contributed by atoms with Crippen LogP contribution in [-0.2, 0) is 11.2 Å². The molecule has 1 aliphatic heterocycles. The average Bonchev–Trinajstić information content (AvgIpc) is 3.33. The number of nitrogens with two attached hydrogens (primary N) is 1. The number of halogens is 1. The van der Waals surface area contributed by atoms with Gasteiger partial charge < -0.3 is 10.6 Å². The summed E-state index contributed by atoms with van der Waals surface area (Å²) >= 11 is 0. The first-order valence-corrected chi connectivity index (χ1v) is 7.83. The van der Waals surface area contributed by atoms with E-state index < -0.39 is 0 Å². The van der Waals surface area contributed by atoms with Gasteiger partial charge in [-0.3, -0.25) is 4.79 Å². The van der Waals surface area contributed by atoms with Crippen molar-refractivity contribution >= 4 is 18.3 Å². The van der Waals surface area contributed by atoms with Crippen molar-refractivity contribution < 1.29 is 4.79 Å². The molecule has 0 bridgehead atoms. The minimum atomic E-state index is 0. The number of amides is 1. The number of hydrogen-bond acceptors (Lipinski definition) is 2. The summed E-state index contributed by atoms with van der Waals surface area (Å²) in [5.74, 6) is 1.66. The molecule has 2 aliphatic rings. The summed E-state index contributed by atoms with van der Waals surface area (Å²) in [5, 5.41) is 0. The molecule has 0 unspecified atom stereocenters. The average molecular weight is 309 g/mol. The summed E-state index contributed by atoms with van der Waals surface area (Å²) in [7, 11) is 0. The minimum Gasteiger partial charge on any atom is -0.342 e. The van der Waals surface area contributed by atoms with Crippen molar-refractivity contribution in [3.05, 3.63) is 35.4 Å². The van der Waals surface area contributed by atoms with Crippen molar-refractivity contribution in [2.75, 3.05) is 19.6 Å². The van der Waals surface area contributed by atoms with E-state index in [1.165, 1.54) is 18.4 Å². The molecule has 2 fully saturated rings. The Bertz CT molecular complexity index is 462. The summed E-state index contributed by atoms with van der Waals surface area (Å²) in [6, 6.07) is 8.64. The lowest BCUT2D eigenvalue weighted by Gasteiger charge is -2.31. The van der Waals surface area contributed by atoms with Gasteiger partial charge in [0.15, 0.2) is 0 Å². The first-order valence-electron chi connectivity index (χ1n) is 7.83. The van der Waals surface area contributed by atoms with Crippen molar-refractivity contribution in [2.45, 2.75) is 38.0 Å². The standard InChI is InChI=1S/C17H24N2O.ClH/c18-12-14-7-9-19(10-8-14)17(20)11-13-1-3-15(4-2-13)16-5-6-16;/h1-4,14,16H,5-12,18H2;1H. The van der Waals surface area contributed by atoms with E-state index in [4.69, 9.17) is 5.73 Å². The summed E-state index contributed by atoms with van der Waals surface area (Å²) in [6.07, 6.45) is 5.31. The van der Waals surface area contributed by atoms with Crippen LogP contribution in [0.15, 0.2) is 24.3 Å². The molecule has 0 aromatic heterocycles. The van der Waals surface area contributed by atoms with Crippen molar-refractivity contribution in [3.63, 3.8) is 0 Å². The zero-order valence-electron chi connectivity index (χ0n) is 12.5. The van der Waals surface area contributed by atoms with Gasteiger partial charge in [-0.05, 0) is 55.2 Å². The first-order chi connectivity index (χ1) is 9.76. The topological polar surface area (TPSA) is 46.3 Å². The molecule has 1 aromatic rings. The van der Waals surface area contributed by atoms with Crippen molar-refractivity contribution in [2.24, 2.45) is 11.7 Å². The van der Waals surface area contributed by atoms with Crippen LogP contribution in [0.5, 0.6) is 0 Å². The molecular weight excluding hydrogens is 284 g/mol. The van der Waals surface area contributed by atoms with E-state index >= 15 is 0 Å². The second-order valence-electron chi connectivity index (χ2n) is 6.25. The van der Waals surface area contributed by atoms with Gasteiger partial charge in [-0.1, -0.05) is 24.3 Å². The number of likely N-dealkylation sites (tertiary alicyclic amines) is 1. The van der Waals surface area contributed by atoms with Crippen molar-refractivity contribution in [1.82, 2.24) is 4.90 Å². The maximum atomic E-state index is 12.3. The summed E-state index contributed by atoms with van der Waals surface area (Å²) < 4.78 is 0. The fourth-order valence-corrected chi connectivity index (χ4v) is 3.03. The molecule has 0 spiro atoms. The molecule has 116 valence electrons. The van der Waals surface area contributed by atoms with Gasteiger partial charge in [0.25, 0.3) is 0 Å². The number of benzene rings is 1. The van der Waals surface area contributed by atoms with Gasteiger partial charge in [-0.2, -0.15) is 0 Å². The quantitative estimate of drug-likeness (QED) is 0.929. The van der Waals surface area contributed by atoms with E-state index in [1.54, 1.807) is 0 Å². The summed E-state index contributed by atoms with van der Waals surface area (Å²) in [6.45, 7) is 2.51. The van der Waals surface area contributed by atoms with Gasteiger partial charge in [-0.15, -0.1) is 12.4 Å². The van der Waals surface area contributed by atoms with E-state index in [1.807, 2.05) is 4.90 Å². The lowest BCUT2D eigenvalue weighted by molar-refractivity contribution is -0.131. The highest BCUT2D eigenvalue weighted by Crippen LogP contribution is 2.39. The molecule has 1 aliphatic carbocycles. The second-order valence-corrected chi connectivity index (χ2v) is 6.25. The van der Waals surface area contributed by atoms with E-state index in [2.05, 4.69) is 24.3 Å². The normalized spacial score (nSPS) is 19.2. The summed E-state index contributed by atoms with van der Waals surface area (Å²) in [5.41, 5.74) is 8.26. The maximum Gasteiger partial charge on any atom is 0.226 e. The highest BCUT2D eigenvalue weighted by Gasteiger charge is 2.24. The number of rotatable bonds is 4. The molecule has 4 heteroatoms. The third-order valence-electron chi connectivity index (χ3n) is 4.68. The Kier molecular flexibility index (Phi) is 5.65. The van der Waals surface area contributed by atoms with Gasteiger partial charge in [0, 0.05) is 13.1 Å². The number of carbonyl (C=O) groups excluding carboxylic acids is 1. The Morgan fingerprint density at radius 2 is 1.71 bits per heavy atom. The highest BCUT2D eigenvalue weighted by molar-refractivity contribution is 5.85. The molecule has 3 rings (SSSR count). The first kappa shape index (κ1) is 16.3. The third kappa shape index (κ3) is 4.21. The Hall–Kier alpha value is -1.06. The maximum absolute atomic E-state index is 12.3. The Labute approximate surface area is 133 Å². The molecule has 0 radical (unpaired) electrons. The van der Waals surface area contributed by atoms with Crippen LogP contribution in [0.25, 0.3) is 0 Å². The number of carbonyl (C=O) groups is 1. The Morgan fingerprint density at radius 3 is 2.24 bits per heavy atom. The van der Waals surface area contributed by atoms with Crippen molar-refractivity contribution in [3.8, 4) is 0 Å². The largest absolute Gasteiger partial charge is 0.342 e. The molecule has 0 atom stereocenters. The van der Waals surface area contributed by atoms with Gasteiger partial charge >= 0.3 is 0 Å². The molecule has 1 saturated carbocycles. The number of nitrogens with zero attached hydrogens (tertiary/aromatic N) is 1. The van der Waals surface area contributed by atoms with Gasteiger partial charge in [0.2, 0.25) is 5.91 Å². The predicted octanol–water partition coefficient (Wildman–Crippen LogP) is 2.73. The Balaban J connectivity index is 0.00000161. The fraction of sp³-hybridized carbons (Fsp3) is 0.588. The van der Waals surface area contributed by atoms with Gasteiger partial charge in [0.05, 0.1) is 6.42 Å². The molecule has 1 aromatic carbocycles. The van der Waals surface area contributed by atoms with Crippen LogP contribution in [0.3, 0.4) is 0 Å². The number of hydrogen-bond donors (Lipinski definition) is 1. The van der Waals surface area contributed by atoms with Gasteiger partial charge in [0.1, 0.15) is 0 Å². The van der Waals surface area contributed by atoms with Crippen LogP contribution in [-0.4, -0.2) is 30.4 Å². The van der Waals surface area contributed by atoms with Crippen molar-refractivity contribution in [1.29, 1.82) is 0 Å². The number of piperidine rings is 1. The molecule has 1 saturated heterocycles. The van der Waals surface area contributed by atoms with Crippen LogP contribution >= 0.6 is 12.4 Å². The fourth-order valence-electron chi connectivity index (χ4n) is 3.03. The van der Waals surface area contributed by atoms with Crippen LogP contribution in [0.4, 0.5) is 0 Å². The van der Waals surface area contributed by atoms with Crippen LogP contribution in [0, 0.1) is 5.92 Å². The SMILES string of the molecule is Cl.NCC1CCN(C(=O)Cc2ccc(C3CC3)cc2)CC1. The lowest BCUT2D eigenvalue weighted by atomic mass is 9.96. The monoisotopic (exact) mass is 308 g/mol. The summed E-state index contributed by atoms with van der Waals surface area (Å²) in [4.78, 5) is 14.3. The van der Waals surface area contributed by atoms with Crippen LogP contribution in [0.2, 0.25) is 0 Å². The third-order valence-corrected chi connectivity index (χ3v) is 4.68. The van der Waals surface area contributed by atoms with Gasteiger partial charge in [-0.25, -0.2) is 0 Å². The zero-order chi connectivity index (χ0) is 13.9. The Morgan fingerprint density at radius 1 is 1.10 bits per heavy atom. The molecule has 1 amide bonds. The minimum absolute atomic E-state index is 0. The zero-order valence-corrected chi connectivity index (χ0v) is 13.3. The molecular formula is C17H25ClN2O. The highest BCUT2D eigenvalue weighted by atomic mass is 35.5. The predicted molar refractivity (Wildman–Crippen MR) is 87.7 cm³/mol. The smallest absolute Gasteiger partial charge is 0.226 e. The lowest BCUT2D eigenvalue weighted by Crippen LogP contribution is -2.40. The molecule has 21 heavy (non-hydrogen) atoms.